The van der Waals surface area contributed by atoms with Gasteiger partial charge in [-0.05, 0) is 43.7 Å². The van der Waals surface area contributed by atoms with Gasteiger partial charge >= 0.3 is 5.97 Å². The molecule has 0 saturated carbocycles. The lowest BCUT2D eigenvalue weighted by molar-refractivity contribution is -0.116. The zero-order valence-corrected chi connectivity index (χ0v) is 16.3. The zero-order valence-electron chi connectivity index (χ0n) is 15.6. The number of nitrogens with zero attached hydrogens (tertiary/aromatic N) is 2. The van der Waals surface area contributed by atoms with E-state index in [0.29, 0.717) is 22.1 Å². The SMILES string of the molecule is COC(=O)c1cn(CC(=O)Nc2cccc(Cl)c2C)c2nc(C)ccc2c1=O. The van der Waals surface area contributed by atoms with Gasteiger partial charge in [-0.15, -0.1) is 0 Å². The molecular weight excluding hydrogens is 382 g/mol. The number of halogens is 1. The Morgan fingerprint density at radius 1 is 1.21 bits per heavy atom. The molecule has 2 aromatic heterocycles. The van der Waals surface area contributed by atoms with Crippen molar-refractivity contribution in [1.29, 1.82) is 0 Å². The number of carbonyl (C=O) groups excluding carboxylic acids is 2. The number of ether oxygens (including phenoxy) is 1. The van der Waals surface area contributed by atoms with E-state index in [1.807, 2.05) is 0 Å². The lowest BCUT2D eigenvalue weighted by Gasteiger charge is -2.14. The minimum Gasteiger partial charge on any atom is -0.465 e. The number of nitrogens with one attached hydrogen (secondary N) is 1. The third-order valence-corrected chi connectivity index (χ3v) is 4.73. The molecule has 1 amide bonds. The number of aryl methyl sites for hydroxylation is 1. The lowest BCUT2D eigenvalue weighted by Crippen LogP contribution is -2.25. The Hall–Kier alpha value is -3.19. The number of aromatic nitrogens is 2. The molecule has 1 N–H and O–H groups in total. The van der Waals surface area contributed by atoms with E-state index >= 15 is 0 Å². The largest absolute Gasteiger partial charge is 0.465 e. The van der Waals surface area contributed by atoms with Crippen LogP contribution in [0.1, 0.15) is 21.6 Å². The summed E-state index contributed by atoms with van der Waals surface area (Å²) in [6, 6.07) is 8.47. The second-order valence-electron chi connectivity index (χ2n) is 6.28. The van der Waals surface area contributed by atoms with E-state index in [1.54, 1.807) is 44.2 Å². The van der Waals surface area contributed by atoms with Crippen LogP contribution < -0.4 is 10.7 Å². The van der Waals surface area contributed by atoms with Gasteiger partial charge in [0.05, 0.1) is 12.5 Å². The third-order valence-electron chi connectivity index (χ3n) is 4.32. The van der Waals surface area contributed by atoms with Gasteiger partial charge < -0.3 is 14.6 Å². The van der Waals surface area contributed by atoms with E-state index < -0.39 is 11.4 Å². The molecule has 0 radical (unpaired) electrons. The number of methoxy groups -OCH3 is 1. The number of fused-ring (bicyclic) bond motifs is 1. The fourth-order valence-corrected chi connectivity index (χ4v) is 3.00. The molecule has 0 aliphatic heterocycles. The van der Waals surface area contributed by atoms with E-state index in [9.17, 15) is 14.4 Å². The van der Waals surface area contributed by atoms with Gasteiger partial charge in [-0.25, -0.2) is 9.78 Å². The van der Waals surface area contributed by atoms with Crippen molar-refractivity contribution < 1.29 is 14.3 Å². The predicted molar refractivity (Wildman–Crippen MR) is 107 cm³/mol. The highest BCUT2D eigenvalue weighted by atomic mass is 35.5. The molecule has 8 heteroatoms. The Kier molecular flexibility index (Phi) is 5.46. The van der Waals surface area contributed by atoms with Gasteiger partial charge in [0, 0.05) is 22.6 Å². The fourth-order valence-electron chi connectivity index (χ4n) is 2.82. The number of esters is 1. The normalized spacial score (nSPS) is 10.7. The average molecular weight is 400 g/mol. The van der Waals surface area contributed by atoms with E-state index in [2.05, 4.69) is 15.0 Å². The highest BCUT2D eigenvalue weighted by molar-refractivity contribution is 6.31. The minimum absolute atomic E-state index is 0.150. The van der Waals surface area contributed by atoms with Gasteiger partial charge in [0.25, 0.3) is 0 Å². The molecule has 0 fully saturated rings. The molecule has 0 aliphatic rings. The second-order valence-corrected chi connectivity index (χ2v) is 6.68. The van der Waals surface area contributed by atoms with Crippen molar-refractivity contribution in [2.45, 2.75) is 20.4 Å². The molecule has 0 spiro atoms. The van der Waals surface area contributed by atoms with Crippen LogP contribution in [0.15, 0.2) is 41.3 Å². The van der Waals surface area contributed by atoms with Gasteiger partial charge in [-0.2, -0.15) is 0 Å². The molecule has 0 unspecified atom stereocenters. The first-order chi connectivity index (χ1) is 13.3. The smallest absolute Gasteiger partial charge is 0.343 e. The first kappa shape index (κ1) is 19.6. The molecule has 2 heterocycles. The predicted octanol–water partition coefficient (Wildman–Crippen LogP) is 3.09. The minimum atomic E-state index is -0.771. The Labute approximate surface area is 165 Å². The molecule has 144 valence electrons. The van der Waals surface area contributed by atoms with Gasteiger partial charge in [0.2, 0.25) is 11.3 Å². The number of hydrogen-bond donors (Lipinski definition) is 1. The Balaban J connectivity index is 2.04. The summed E-state index contributed by atoms with van der Waals surface area (Å²) in [4.78, 5) is 41.5. The van der Waals surface area contributed by atoms with Crippen molar-refractivity contribution in [3.8, 4) is 0 Å². The number of amides is 1. The van der Waals surface area contributed by atoms with Crippen LogP contribution in [0.4, 0.5) is 5.69 Å². The third kappa shape index (κ3) is 3.75. The summed E-state index contributed by atoms with van der Waals surface area (Å²) < 4.78 is 6.15. The quantitative estimate of drug-likeness (QED) is 0.681. The zero-order chi connectivity index (χ0) is 20.4. The Morgan fingerprint density at radius 2 is 1.96 bits per heavy atom. The summed E-state index contributed by atoms with van der Waals surface area (Å²) in [5.74, 6) is -1.12. The molecule has 3 rings (SSSR count). The van der Waals surface area contributed by atoms with Crippen LogP contribution in [-0.2, 0) is 16.1 Å². The maximum atomic E-state index is 12.6. The van der Waals surface area contributed by atoms with Crippen LogP contribution in [0, 0.1) is 13.8 Å². The van der Waals surface area contributed by atoms with E-state index in [1.165, 1.54) is 17.9 Å². The topological polar surface area (TPSA) is 90.3 Å². The van der Waals surface area contributed by atoms with Gasteiger partial charge in [0.15, 0.2) is 0 Å². The van der Waals surface area contributed by atoms with Crippen LogP contribution in [0.3, 0.4) is 0 Å². The van der Waals surface area contributed by atoms with Crippen molar-refractivity contribution in [2.24, 2.45) is 0 Å². The summed E-state index contributed by atoms with van der Waals surface area (Å²) in [5, 5.41) is 3.56. The van der Waals surface area contributed by atoms with E-state index in [0.717, 1.165) is 5.56 Å². The first-order valence-corrected chi connectivity index (χ1v) is 8.83. The Morgan fingerprint density at radius 3 is 2.68 bits per heavy atom. The van der Waals surface area contributed by atoms with Gasteiger partial charge in [0.1, 0.15) is 17.8 Å². The number of anilines is 1. The average Bonchev–Trinajstić information content (AvgIpc) is 2.67. The van der Waals surface area contributed by atoms with Crippen molar-refractivity contribution in [3.63, 3.8) is 0 Å². The van der Waals surface area contributed by atoms with E-state index in [-0.39, 0.29) is 23.4 Å². The monoisotopic (exact) mass is 399 g/mol. The summed E-state index contributed by atoms with van der Waals surface area (Å²) in [6.07, 6.45) is 1.30. The molecule has 1 aromatic carbocycles. The second kappa shape index (κ2) is 7.82. The fraction of sp³-hybridized carbons (Fsp3) is 0.200. The molecule has 0 aliphatic carbocycles. The van der Waals surface area contributed by atoms with E-state index in [4.69, 9.17) is 11.6 Å². The highest BCUT2D eigenvalue weighted by Gasteiger charge is 2.18. The van der Waals surface area contributed by atoms with Gasteiger partial charge in [-0.3, -0.25) is 9.59 Å². The summed E-state index contributed by atoms with van der Waals surface area (Å²) in [7, 11) is 1.19. The van der Waals surface area contributed by atoms with Crippen LogP contribution in [0.2, 0.25) is 5.02 Å². The number of benzene rings is 1. The Bertz CT molecular complexity index is 1150. The van der Waals surface area contributed by atoms with Crippen LogP contribution in [0.25, 0.3) is 11.0 Å². The molecule has 28 heavy (non-hydrogen) atoms. The number of pyridine rings is 2. The number of carbonyl (C=O) groups is 2. The number of hydrogen-bond acceptors (Lipinski definition) is 5. The standard InChI is InChI=1S/C20H18ClN3O4/c1-11-7-8-13-18(26)14(20(27)28-3)9-24(19(13)22-11)10-17(25)23-16-6-4-5-15(21)12(16)2/h4-9H,10H2,1-3H3,(H,23,25). The summed E-state index contributed by atoms with van der Waals surface area (Å²) in [5.41, 5.74) is 1.67. The van der Waals surface area contributed by atoms with Crippen LogP contribution in [-0.4, -0.2) is 28.5 Å². The maximum absolute atomic E-state index is 12.6. The molecule has 7 nitrogen and oxygen atoms in total. The van der Waals surface area contributed by atoms with Crippen molar-refractivity contribution in [3.05, 3.63) is 68.6 Å². The maximum Gasteiger partial charge on any atom is 0.343 e. The molecular formula is C20H18ClN3O4. The molecule has 0 atom stereocenters. The number of rotatable bonds is 4. The van der Waals surface area contributed by atoms with Crippen molar-refractivity contribution in [2.75, 3.05) is 12.4 Å². The summed E-state index contributed by atoms with van der Waals surface area (Å²) in [6.45, 7) is 3.42. The van der Waals surface area contributed by atoms with Crippen LogP contribution >= 0.6 is 11.6 Å². The first-order valence-electron chi connectivity index (χ1n) is 8.46. The molecule has 3 aromatic rings. The van der Waals surface area contributed by atoms with Gasteiger partial charge in [-0.1, -0.05) is 17.7 Å². The van der Waals surface area contributed by atoms with Crippen LogP contribution in [0.5, 0.6) is 0 Å². The van der Waals surface area contributed by atoms with Crippen molar-refractivity contribution >= 4 is 40.2 Å². The summed E-state index contributed by atoms with van der Waals surface area (Å²) >= 11 is 6.09. The lowest BCUT2D eigenvalue weighted by atomic mass is 10.1. The molecule has 0 bridgehead atoms. The molecule has 0 saturated heterocycles. The highest BCUT2D eigenvalue weighted by Crippen LogP contribution is 2.23. The van der Waals surface area contributed by atoms with Crippen molar-refractivity contribution in [1.82, 2.24) is 9.55 Å².